The second-order valence-electron chi connectivity index (χ2n) is 5.88. The quantitative estimate of drug-likeness (QED) is 0.724. The number of hydrogen-bond acceptors (Lipinski definition) is 4. The first-order valence-corrected chi connectivity index (χ1v) is 7.94. The highest BCUT2D eigenvalue weighted by atomic mass is 35.5. The number of aliphatic carboxylic acids is 1. The largest absolute Gasteiger partial charge is 0.497 e. The van der Waals surface area contributed by atoms with E-state index in [0.717, 1.165) is 0 Å². The van der Waals surface area contributed by atoms with Gasteiger partial charge in [-0.05, 0) is 24.3 Å². The Morgan fingerprint density at radius 2 is 1.92 bits per heavy atom. The van der Waals surface area contributed by atoms with Crippen molar-refractivity contribution in [2.45, 2.75) is 6.54 Å². The third kappa shape index (κ3) is 2.78. The lowest BCUT2D eigenvalue weighted by Gasteiger charge is -2.22. The maximum Gasteiger partial charge on any atom is 0.323 e. The number of rotatable bonds is 4. The van der Waals surface area contributed by atoms with Crippen LogP contribution in [0.3, 0.4) is 0 Å². The molecule has 0 amide bonds. The maximum absolute atomic E-state index is 12.9. The molecule has 3 rings (SSSR count). The fourth-order valence-corrected chi connectivity index (χ4v) is 3.38. The Hall–Kier alpha value is -2.73. The fraction of sp³-hybridized carbons (Fsp3) is 0.222. The highest BCUT2D eigenvalue weighted by molar-refractivity contribution is 6.35. The molecule has 1 aromatic heterocycles. The number of methoxy groups -OCH3 is 1. The number of ether oxygens (including phenoxy) is 1. The van der Waals surface area contributed by atoms with Crippen molar-refractivity contribution >= 4 is 45.1 Å². The third-order valence-electron chi connectivity index (χ3n) is 4.10. The first kappa shape index (κ1) is 17.1. The maximum atomic E-state index is 12.9. The van der Waals surface area contributed by atoms with E-state index in [4.69, 9.17) is 16.3 Å². The summed E-state index contributed by atoms with van der Waals surface area (Å²) in [5, 5.41) is 10.7. The zero-order valence-electron chi connectivity index (χ0n) is 14.0. The molecule has 0 saturated heterocycles. The highest BCUT2D eigenvalue weighted by Crippen LogP contribution is 2.34. The van der Waals surface area contributed by atoms with Crippen molar-refractivity contribution in [1.82, 2.24) is 4.57 Å². The Morgan fingerprint density at radius 3 is 2.52 bits per heavy atom. The first-order valence-electron chi connectivity index (χ1n) is 7.57. The summed E-state index contributed by atoms with van der Waals surface area (Å²) in [6, 6.07) is 8.29. The molecule has 0 atom stereocenters. The van der Waals surface area contributed by atoms with Crippen LogP contribution in [-0.2, 0) is 11.3 Å². The second kappa shape index (κ2) is 6.29. The van der Waals surface area contributed by atoms with Crippen LogP contribution in [0.15, 0.2) is 35.1 Å². The van der Waals surface area contributed by atoms with E-state index < -0.39 is 5.97 Å². The summed E-state index contributed by atoms with van der Waals surface area (Å²) in [4.78, 5) is 26.2. The number of anilines is 1. The number of benzene rings is 2. The molecule has 1 N–H and O–H groups in total. The number of pyridine rings is 1. The third-order valence-corrected chi connectivity index (χ3v) is 4.40. The lowest BCUT2D eigenvalue weighted by atomic mass is 10.1. The van der Waals surface area contributed by atoms with Gasteiger partial charge in [0.25, 0.3) is 0 Å². The second-order valence-corrected chi connectivity index (χ2v) is 6.29. The van der Waals surface area contributed by atoms with Crippen molar-refractivity contribution in [3.63, 3.8) is 0 Å². The van der Waals surface area contributed by atoms with Gasteiger partial charge in [-0.2, -0.15) is 0 Å². The molecular weight excluding hydrogens is 344 g/mol. The number of halogens is 1. The predicted octanol–water partition coefficient (Wildman–Crippen LogP) is 2.97. The molecule has 6 nitrogen and oxygen atoms in total. The van der Waals surface area contributed by atoms with E-state index in [0.29, 0.717) is 38.3 Å². The Labute approximate surface area is 148 Å². The first-order chi connectivity index (χ1) is 11.8. The summed E-state index contributed by atoms with van der Waals surface area (Å²) in [6.07, 6.45) is 0. The molecule has 0 aliphatic rings. The molecule has 25 heavy (non-hydrogen) atoms. The van der Waals surface area contributed by atoms with Crippen LogP contribution < -0.4 is 15.1 Å². The zero-order chi connectivity index (χ0) is 18.3. The summed E-state index contributed by atoms with van der Waals surface area (Å²) in [6.45, 7) is -0.304. The SMILES string of the molecule is COc1ccc2c(=O)c3ccc(Cl)c(N(C)C)c3n(CC(=O)O)c2c1. The summed E-state index contributed by atoms with van der Waals surface area (Å²) < 4.78 is 6.83. The van der Waals surface area contributed by atoms with Gasteiger partial charge in [-0.3, -0.25) is 9.59 Å². The Morgan fingerprint density at radius 1 is 1.24 bits per heavy atom. The van der Waals surface area contributed by atoms with Crippen molar-refractivity contribution in [3.05, 3.63) is 45.6 Å². The van der Waals surface area contributed by atoms with Crippen LogP contribution in [0.1, 0.15) is 0 Å². The van der Waals surface area contributed by atoms with Crippen molar-refractivity contribution < 1.29 is 14.6 Å². The van der Waals surface area contributed by atoms with Crippen LogP contribution in [0, 0.1) is 0 Å². The molecule has 0 aliphatic heterocycles. The average Bonchev–Trinajstić information content (AvgIpc) is 2.57. The number of carboxylic acids is 1. The van der Waals surface area contributed by atoms with Gasteiger partial charge in [-0.1, -0.05) is 11.6 Å². The Kier molecular flexibility index (Phi) is 4.30. The minimum atomic E-state index is -1.02. The lowest BCUT2D eigenvalue weighted by molar-refractivity contribution is -0.137. The molecule has 130 valence electrons. The summed E-state index contributed by atoms with van der Waals surface area (Å²) in [5.74, 6) is -0.474. The normalized spacial score (nSPS) is 11.0. The van der Waals surface area contributed by atoms with E-state index in [9.17, 15) is 14.7 Å². The van der Waals surface area contributed by atoms with Gasteiger partial charge in [0.2, 0.25) is 0 Å². The molecule has 3 aromatic rings. The van der Waals surface area contributed by atoms with E-state index in [1.54, 1.807) is 53.9 Å². The van der Waals surface area contributed by atoms with Crippen LogP contribution in [0.4, 0.5) is 5.69 Å². The van der Waals surface area contributed by atoms with Gasteiger partial charge in [0, 0.05) is 30.9 Å². The molecule has 0 spiro atoms. The number of nitrogens with zero attached hydrogens (tertiary/aromatic N) is 2. The molecule has 0 fully saturated rings. The van der Waals surface area contributed by atoms with Crippen LogP contribution >= 0.6 is 11.6 Å². The van der Waals surface area contributed by atoms with Crippen LogP contribution in [-0.4, -0.2) is 36.8 Å². The molecule has 0 saturated carbocycles. The summed E-state index contributed by atoms with van der Waals surface area (Å²) in [7, 11) is 5.11. The standard InChI is InChI=1S/C18H17ClN2O4/c1-20(2)17-13(19)7-6-12-16(17)21(9-15(22)23)14-8-10(25-3)4-5-11(14)18(12)24/h4-8H,9H2,1-3H3,(H,22,23). The topological polar surface area (TPSA) is 71.8 Å². The number of fused-ring (bicyclic) bond motifs is 2. The average molecular weight is 361 g/mol. The summed E-state index contributed by atoms with van der Waals surface area (Å²) in [5.41, 5.74) is 1.41. The van der Waals surface area contributed by atoms with Gasteiger partial charge in [0.15, 0.2) is 5.43 Å². The van der Waals surface area contributed by atoms with E-state index in [1.807, 2.05) is 0 Å². The van der Waals surface area contributed by atoms with Gasteiger partial charge in [0.1, 0.15) is 12.3 Å². The smallest absolute Gasteiger partial charge is 0.323 e. The minimum absolute atomic E-state index is 0.172. The molecule has 2 aromatic carbocycles. The van der Waals surface area contributed by atoms with Gasteiger partial charge in [-0.15, -0.1) is 0 Å². The van der Waals surface area contributed by atoms with Crippen molar-refractivity contribution in [2.24, 2.45) is 0 Å². The number of carboxylic acid groups (broad SMARTS) is 1. The number of aromatic nitrogens is 1. The molecule has 0 bridgehead atoms. The Bertz CT molecular complexity index is 1060. The molecule has 7 heteroatoms. The molecular formula is C18H17ClN2O4. The van der Waals surface area contributed by atoms with Gasteiger partial charge < -0.3 is 19.3 Å². The molecule has 0 unspecified atom stereocenters. The van der Waals surface area contributed by atoms with Gasteiger partial charge in [0.05, 0.1) is 28.9 Å². The lowest BCUT2D eigenvalue weighted by Crippen LogP contribution is -2.19. The number of carbonyl (C=O) groups is 1. The van der Waals surface area contributed by atoms with Crippen molar-refractivity contribution in [2.75, 3.05) is 26.1 Å². The van der Waals surface area contributed by atoms with Gasteiger partial charge in [-0.25, -0.2) is 0 Å². The van der Waals surface area contributed by atoms with Crippen LogP contribution in [0.2, 0.25) is 5.02 Å². The Balaban J connectivity index is 2.62. The highest BCUT2D eigenvalue weighted by Gasteiger charge is 2.19. The van der Waals surface area contributed by atoms with Crippen molar-refractivity contribution in [1.29, 1.82) is 0 Å². The van der Waals surface area contributed by atoms with Crippen LogP contribution in [0.25, 0.3) is 21.8 Å². The zero-order valence-corrected chi connectivity index (χ0v) is 14.8. The van der Waals surface area contributed by atoms with E-state index >= 15 is 0 Å². The minimum Gasteiger partial charge on any atom is -0.497 e. The van der Waals surface area contributed by atoms with Crippen LogP contribution in [0.5, 0.6) is 5.75 Å². The fourth-order valence-electron chi connectivity index (χ4n) is 3.06. The van der Waals surface area contributed by atoms with Crippen molar-refractivity contribution in [3.8, 4) is 5.75 Å². The number of hydrogen-bond donors (Lipinski definition) is 1. The van der Waals surface area contributed by atoms with E-state index in [-0.39, 0.29) is 12.0 Å². The predicted molar refractivity (Wildman–Crippen MR) is 99.2 cm³/mol. The molecule has 0 radical (unpaired) electrons. The molecule has 0 aliphatic carbocycles. The van der Waals surface area contributed by atoms with E-state index in [2.05, 4.69) is 0 Å². The molecule has 1 heterocycles. The monoisotopic (exact) mass is 360 g/mol. The van der Waals surface area contributed by atoms with E-state index in [1.165, 1.54) is 7.11 Å². The summed E-state index contributed by atoms with van der Waals surface area (Å²) >= 11 is 6.34. The van der Waals surface area contributed by atoms with Gasteiger partial charge >= 0.3 is 5.97 Å².